The van der Waals surface area contributed by atoms with Gasteiger partial charge in [0.05, 0.1) is 5.60 Å². The summed E-state index contributed by atoms with van der Waals surface area (Å²) in [4.78, 5) is 0. The molecule has 1 saturated heterocycles. The fourth-order valence-electron chi connectivity index (χ4n) is 2.63. The van der Waals surface area contributed by atoms with Gasteiger partial charge < -0.3 is 10.4 Å². The minimum atomic E-state index is -0.342. The lowest BCUT2D eigenvalue weighted by atomic mass is 9.76. The van der Waals surface area contributed by atoms with Gasteiger partial charge in [-0.1, -0.05) is 32.6 Å². The van der Waals surface area contributed by atoms with Crippen molar-refractivity contribution in [3.63, 3.8) is 0 Å². The van der Waals surface area contributed by atoms with E-state index in [1.54, 1.807) is 0 Å². The predicted molar refractivity (Wildman–Crippen MR) is 53.6 cm³/mol. The Hall–Kier alpha value is -0.0800. The molecule has 76 valence electrons. The molecule has 0 aromatic rings. The standard InChI is InChI=1S/C11H21NO/c1-9-2-4-10(5-3-9)6-11(13)7-12-8-11/h9-10,12-13H,2-8H2,1H3. The largest absolute Gasteiger partial charge is 0.387 e. The molecular formula is C11H21NO. The van der Waals surface area contributed by atoms with E-state index in [-0.39, 0.29) is 5.60 Å². The van der Waals surface area contributed by atoms with Crippen LogP contribution in [0.1, 0.15) is 39.0 Å². The topological polar surface area (TPSA) is 32.3 Å². The second-order valence-corrected chi connectivity index (χ2v) is 5.16. The molecule has 0 aromatic heterocycles. The number of nitrogens with one attached hydrogen (secondary N) is 1. The van der Waals surface area contributed by atoms with E-state index < -0.39 is 0 Å². The van der Waals surface area contributed by atoms with Crippen LogP contribution in [0.2, 0.25) is 0 Å². The SMILES string of the molecule is CC1CCC(CC2(O)CNC2)CC1. The highest BCUT2D eigenvalue weighted by molar-refractivity contribution is 4.94. The van der Waals surface area contributed by atoms with E-state index in [4.69, 9.17) is 0 Å². The fraction of sp³-hybridized carbons (Fsp3) is 1.00. The Bertz CT molecular complexity index is 169. The van der Waals surface area contributed by atoms with Crippen LogP contribution >= 0.6 is 0 Å². The Labute approximate surface area is 80.7 Å². The van der Waals surface area contributed by atoms with Crippen LogP contribution in [0, 0.1) is 11.8 Å². The third-order valence-corrected chi connectivity index (χ3v) is 3.71. The molecule has 0 aromatic carbocycles. The average Bonchev–Trinajstić information content (AvgIpc) is 2.06. The normalized spacial score (nSPS) is 38.3. The van der Waals surface area contributed by atoms with Gasteiger partial charge in [0.1, 0.15) is 0 Å². The molecule has 1 aliphatic carbocycles. The van der Waals surface area contributed by atoms with Gasteiger partial charge in [-0.05, 0) is 18.3 Å². The Kier molecular flexibility index (Phi) is 2.61. The maximum Gasteiger partial charge on any atom is 0.0897 e. The summed E-state index contributed by atoms with van der Waals surface area (Å²) in [6, 6.07) is 0. The van der Waals surface area contributed by atoms with E-state index in [0.717, 1.165) is 31.3 Å². The first-order chi connectivity index (χ1) is 6.18. The third-order valence-electron chi connectivity index (χ3n) is 3.71. The van der Waals surface area contributed by atoms with E-state index in [0.29, 0.717) is 0 Å². The molecule has 2 N–H and O–H groups in total. The van der Waals surface area contributed by atoms with Crippen molar-refractivity contribution in [2.45, 2.75) is 44.6 Å². The molecular weight excluding hydrogens is 162 g/mol. The molecule has 2 rings (SSSR count). The summed E-state index contributed by atoms with van der Waals surface area (Å²) in [5, 5.41) is 13.1. The van der Waals surface area contributed by atoms with Crippen molar-refractivity contribution in [1.29, 1.82) is 0 Å². The molecule has 0 unspecified atom stereocenters. The monoisotopic (exact) mass is 183 g/mol. The number of β-amino-alcohol motifs (C(OH)–C–C–N with tert-alkyl or cyclic N) is 1. The molecule has 1 aliphatic heterocycles. The van der Waals surface area contributed by atoms with E-state index in [9.17, 15) is 5.11 Å². The van der Waals surface area contributed by atoms with Crippen LogP contribution in [0.15, 0.2) is 0 Å². The summed E-state index contributed by atoms with van der Waals surface area (Å²) in [5.41, 5.74) is -0.342. The van der Waals surface area contributed by atoms with Crippen molar-refractivity contribution in [1.82, 2.24) is 5.32 Å². The van der Waals surface area contributed by atoms with Crippen LogP contribution in [0.4, 0.5) is 0 Å². The van der Waals surface area contributed by atoms with Crippen molar-refractivity contribution in [2.24, 2.45) is 11.8 Å². The number of hydrogen-bond acceptors (Lipinski definition) is 2. The van der Waals surface area contributed by atoms with Crippen LogP contribution in [0.25, 0.3) is 0 Å². The second kappa shape index (κ2) is 3.58. The van der Waals surface area contributed by atoms with Crippen molar-refractivity contribution in [2.75, 3.05) is 13.1 Å². The van der Waals surface area contributed by atoms with E-state index in [1.165, 1.54) is 25.7 Å². The van der Waals surface area contributed by atoms with Gasteiger partial charge in [0, 0.05) is 13.1 Å². The smallest absolute Gasteiger partial charge is 0.0897 e. The summed E-state index contributed by atoms with van der Waals surface area (Å²) < 4.78 is 0. The van der Waals surface area contributed by atoms with Gasteiger partial charge in [-0.15, -0.1) is 0 Å². The highest BCUT2D eigenvalue weighted by atomic mass is 16.3. The van der Waals surface area contributed by atoms with Crippen molar-refractivity contribution in [3.8, 4) is 0 Å². The molecule has 0 spiro atoms. The Balaban J connectivity index is 1.76. The highest BCUT2D eigenvalue weighted by Crippen LogP contribution is 2.34. The summed E-state index contributed by atoms with van der Waals surface area (Å²) in [7, 11) is 0. The van der Waals surface area contributed by atoms with Crippen molar-refractivity contribution in [3.05, 3.63) is 0 Å². The third kappa shape index (κ3) is 2.23. The van der Waals surface area contributed by atoms with Crippen LogP contribution in [0.3, 0.4) is 0 Å². The quantitative estimate of drug-likeness (QED) is 0.680. The fourth-order valence-corrected chi connectivity index (χ4v) is 2.63. The lowest BCUT2D eigenvalue weighted by Crippen LogP contribution is -2.60. The first-order valence-electron chi connectivity index (χ1n) is 5.61. The predicted octanol–water partition coefficient (Wildman–Crippen LogP) is 1.54. The summed E-state index contributed by atoms with van der Waals surface area (Å²) in [6.07, 6.45) is 6.45. The molecule has 1 heterocycles. The number of rotatable bonds is 2. The van der Waals surface area contributed by atoms with Gasteiger partial charge in [-0.25, -0.2) is 0 Å². The Morgan fingerprint density at radius 3 is 2.31 bits per heavy atom. The minimum Gasteiger partial charge on any atom is -0.387 e. The molecule has 2 nitrogen and oxygen atoms in total. The van der Waals surface area contributed by atoms with Crippen LogP contribution in [0.5, 0.6) is 0 Å². The van der Waals surface area contributed by atoms with Crippen LogP contribution in [-0.2, 0) is 0 Å². The highest BCUT2D eigenvalue weighted by Gasteiger charge is 2.37. The first kappa shape index (κ1) is 9.47. The van der Waals surface area contributed by atoms with Crippen LogP contribution < -0.4 is 5.32 Å². The maximum absolute atomic E-state index is 9.97. The zero-order valence-corrected chi connectivity index (χ0v) is 8.55. The lowest BCUT2D eigenvalue weighted by Gasteiger charge is -2.41. The van der Waals surface area contributed by atoms with Gasteiger partial charge in [0.25, 0.3) is 0 Å². The van der Waals surface area contributed by atoms with Gasteiger partial charge in [0.2, 0.25) is 0 Å². The van der Waals surface area contributed by atoms with Gasteiger partial charge in [-0.2, -0.15) is 0 Å². The second-order valence-electron chi connectivity index (χ2n) is 5.16. The van der Waals surface area contributed by atoms with E-state index >= 15 is 0 Å². The first-order valence-corrected chi connectivity index (χ1v) is 5.61. The Morgan fingerprint density at radius 2 is 1.85 bits per heavy atom. The molecule has 2 aliphatic rings. The van der Waals surface area contributed by atoms with Crippen molar-refractivity contribution < 1.29 is 5.11 Å². The summed E-state index contributed by atoms with van der Waals surface area (Å²) >= 11 is 0. The molecule has 1 saturated carbocycles. The molecule has 2 heteroatoms. The Morgan fingerprint density at radius 1 is 1.23 bits per heavy atom. The maximum atomic E-state index is 9.97. The minimum absolute atomic E-state index is 0.342. The van der Waals surface area contributed by atoms with E-state index in [2.05, 4.69) is 12.2 Å². The molecule has 0 amide bonds. The molecule has 2 fully saturated rings. The molecule has 0 bridgehead atoms. The number of aliphatic hydroxyl groups is 1. The lowest BCUT2D eigenvalue weighted by molar-refractivity contribution is -0.0355. The molecule has 13 heavy (non-hydrogen) atoms. The molecule has 0 radical (unpaired) electrons. The van der Waals surface area contributed by atoms with E-state index in [1.807, 2.05) is 0 Å². The van der Waals surface area contributed by atoms with Gasteiger partial charge in [-0.3, -0.25) is 0 Å². The van der Waals surface area contributed by atoms with Gasteiger partial charge >= 0.3 is 0 Å². The average molecular weight is 183 g/mol. The summed E-state index contributed by atoms with van der Waals surface area (Å²) in [5.74, 6) is 1.72. The number of hydrogen-bond donors (Lipinski definition) is 2. The summed E-state index contributed by atoms with van der Waals surface area (Å²) in [6.45, 7) is 3.98. The zero-order valence-electron chi connectivity index (χ0n) is 8.55. The van der Waals surface area contributed by atoms with Gasteiger partial charge in [0.15, 0.2) is 0 Å². The van der Waals surface area contributed by atoms with Crippen molar-refractivity contribution >= 4 is 0 Å². The van der Waals surface area contributed by atoms with Crippen LogP contribution in [-0.4, -0.2) is 23.8 Å². The zero-order chi connectivity index (χ0) is 9.31. The molecule has 0 atom stereocenters.